The van der Waals surface area contributed by atoms with E-state index < -0.39 is 5.92 Å². The van der Waals surface area contributed by atoms with Crippen molar-refractivity contribution in [2.75, 3.05) is 0 Å². The average molecular weight is 284 g/mol. The van der Waals surface area contributed by atoms with E-state index in [1.807, 2.05) is 6.07 Å². The minimum absolute atomic E-state index is 0.0194. The van der Waals surface area contributed by atoms with Gasteiger partial charge in [0.2, 0.25) is 11.8 Å². The van der Waals surface area contributed by atoms with Gasteiger partial charge in [-0.25, -0.2) is 0 Å². The van der Waals surface area contributed by atoms with Crippen LogP contribution < -0.4 is 10.5 Å². The van der Waals surface area contributed by atoms with Gasteiger partial charge in [-0.05, 0) is 24.6 Å². The fourth-order valence-electron chi connectivity index (χ4n) is 2.45. The number of fused-ring (bicyclic) bond motifs is 1. The summed E-state index contributed by atoms with van der Waals surface area (Å²) in [7, 11) is 0. The quantitative estimate of drug-likeness (QED) is 0.585. The topological polar surface area (TPSA) is 128 Å². The van der Waals surface area contributed by atoms with Gasteiger partial charge in [-0.15, -0.1) is 5.10 Å². The largest absolute Gasteiger partial charge is 0.504 e. The number of aromatic nitrogens is 2. The molecule has 7 nitrogen and oxygen atoms in total. The maximum absolute atomic E-state index is 9.69. The molecule has 0 spiro atoms. The van der Waals surface area contributed by atoms with Gasteiger partial charge < -0.3 is 20.7 Å². The summed E-state index contributed by atoms with van der Waals surface area (Å²) in [6.45, 7) is 1.80. The van der Waals surface area contributed by atoms with Gasteiger partial charge in [-0.1, -0.05) is 6.07 Å². The Labute approximate surface area is 119 Å². The Morgan fingerprint density at radius 1 is 1.38 bits per heavy atom. The molecular formula is C14H12N4O3. The van der Waals surface area contributed by atoms with Gasteiger partial charge in [0.05, 0.1) is 5.92 Å². The highest BCUT2D eigenvalue weighted by Gasteiger charge is 2.34. The van der Waals surface area contributed by atoms with Crippen molar-refractivity contribution in [3.05, 3.63) is 46.5 Å². The van der Waals surface area contributed by atoms with Crippen molar-refractivity contribution in [1.82, 2.24) is 10.2 Å². The molecule has 0 fully saturated rings. The Morgan fingerprint density at radius 2 is 2.14 bits per heavy atom. The van der Waals surface area contributed by atoms with Crippen molar-refractivity contribution in [3.63, 3.8) is 0 Å². The van der Waals surface area contributed by atoms with Gasteiger partial charge in [0.25, 0.3) is 0 Å². The van der Waals surface area contributed by atoms with Crippen LogP contribution in [-0.2, 0) is 0 Å². The number of nitrogens with two attached hydrogens (primary N) is 1. The van der Waals surface area contributed by atoms with E-state index in [2.05, 4.69) is 10.2 Å². The summed E-state index contributed by atoms with van der Waals surface area (Å²) in [6, 6.07) is 6.41. The SMILES string of the molecule is Cc1[nH]nc2c1[C@H](c1ccc(O)c(O)c1)C(C#N)=C(N)O2. The van der Waals surface area contributed by atoms with E-state index in [4.69, 9.17) is 10.5 Å². The van der Waals surface area contributed by atoms with Crippen LogP contribution >= 0.6 is 0 Å². The van der Waals surface area contributed by atoms with Crippen molar-refractivity contribution in [2.45, 2.75) is 12.8 Å². The van der Waals surface area contributed by atoms with Gasteiger partial charge in [0.15, 0.2) is 11.5 Å². The number of phenols is 2. The minimum Gasteiger partial charge on any atom is -0.504 e. The number of benzene rings is 1. The van der Waals surface area contributed by atoms with Crippen LogP contribution in [0.3, 0.4) is 0 Å². The normalized spacial score (nSPS) is 17.0. The molecular weight excluding hydrogens is 272 g/mol. The van der Waals surface area contributed by atoms with E-state index in [-0.39, 0.29) is 23.0 Å². The molecule has 1 aliphatic heterocycles. The molecule has 1 aromatic heterocycles. The zero-order valence-electron chi connectivity index (χ0n) is 11.1. The highest BCUT2D eigenvalue weighted by Crippen LogP contribution is 2.43. The lowest BCUT2D eigenvalue weighted by molar-refractivity contribution is 0.378. The van der Waals surface area contributed by atoms with Crippen molar-refractivity contribution in [3.8, 4) is 23.4 Å². The highest BCUT2D eigenvalue weighted by atomic mass is 16.5. The number of rotatable bonds is 1. The first kappa shape index (κ1) is 12.9. The molecule has 0 saturated heterocycles. The first-order valence-corrected chi connectivity index (χ1v) is 6.17. The molecule has 0 bridgehead atoms. The predicted molar refractivity (Wildman–Crippen MR) is 72.4 cm³/mol. The van der Waals surface area contributed by atoms with Crippen LogP contribution in [0.25, 0.3) is 0 Å². The van der Waals surface area contributed by atoms with Gasteiger partial charge in [0.1, 0.15) is 11.6 Å². The summed E-state index contributed by atoms with van der Waals surface area (Å²) in [5, 5.41) is 35.3. The van der Waals surface area contributed by atoms with Crippen molar-refractivity contribution < 1.29 is 14.9 Å². The molecule has 1 atom stereocenters. The number of allylic oxidation sites excluding steroid dienone is 1. The Bertz CT molecular complexity index is 801. The van der Waals surface area contributed by atoms with Crippen molar-refractivity contribution >= 4 is 0 Å². The number of nitriles is 1. The molecule has 1 aliphatic rings. The van der Waals surface area contributed by atoms with Crippen LogP contribution in [-0.4, -0.2) is 20.4 Å². The summed E-state index contributed by atoms with van der Waals surface area (Å²) in [4.78, 5) is 0. The molecule has 0 radical (unpaired) electrons. The molecule has 5 N–H and O–H groups in total. The van der Waals surface area contributed by atoms with E-state index >= 15 is 0 Å². The molecule has 0 amide bonds. The number of nitrogens with one attached hydrogen (secondary N) is 1. The summed E-state index contributed by atoms with van der Waals surface area (Å²) in [6.07, 6.45) is 0. The molecule has 2 aromatic rings. The lowest BCUT2D eigenvalue weighted by atomic mass is 9.84. The third-order valence-corrected chi connectivity index (χ3v) is 3.46. The number of hydrogen-bond acceptors (Lipinski definition) is 6. The van der Waals surface area contributed by atoms with Gasteiger partial charge >= 0.3 is 0 Å². The van der Waals surface area contributed by atoms with Crippen molar-refractivity contribution in [2.24, 2.45) is 5.73 Å². The Balaban J connectivity index is 2.24. The highest BCUT2D eigenvalue weighted by molar-refractivity contribution is 5.56. The van der Waals surface area contributed by atoms with E-state index in [1.54, 1.807) is 13.0 Å². The first-order valence-electron chi connectivity index (χ1n) is 6.17. The van der Waals surface area contributed by atoms with Crippen LogP contribution in [0.4, 0.5) is 0 Å². The standard InChI is InChI=1S/C14H12N4O3/c1-6-11-12(7-2-3-9(19)10(20)4-7)8(5-15)13(16)21-14(11)18-17-6/h2-4,12,19-20H,16H2,1H3,(H,17,18)/t12-/m1/s1. The molecule has 3 rings (SSSR count). The van der Waals surface area contributed by atoms with E-state index in [9.17, 15) is 15.5 Å². The fraction of sp³-hybridized carbons (Fsp3) is 0.143. The fourth-order valence-corrected chi connectivity index (χ4v) is 2.45. The van der Waals surface area contributed by atoms with Crippen molar-refractivity contribution in [1.29, 1.82) is 5.26 Å². The predicted octanol–water partition coefficient (Wildman–Crippen LogP) is 1.35. The smallest absolute Gasteiger partial charge is 0.244 e. The average Bonchev–Trinajstić information content (AvgIpc) is 2.81. The third kappa shape index (κ3) is 1.85. The summed E-state index contributed by atoms with van der Waals surface area (Å²) in [5.74, 6) is -0.720. The number of ether oxygens (including phenoxy) is 1. The monoisotopic (exact) mass is 284 g/mol. The van der Waals surface area contributed by atoms with Crippen LogP contribution in [0.15, 0.2) is 29.7 Å². The number of nitrogens with zero attached hydrogens (tertiary/aromatic N) is 2. The zero-order valence-corrected chi connectivity index (χ0v) is 11.1. The maximum atomic E-state index is 9.69. The lowest BCUT2D eigenvalue weighted by Gasteiger charge is -2.23. The second kappa shape index (κ2) is 4.45. The second-order valence-electron chi connectivity index (χ2n) is 4.74. The van der Waals surface area contributed by atoms with Gasteiger partial charge in [0, 0.05) is 11.3 Å². The Kier molecular flexibility index (Phi) is 2.73. The van der Waals surface area contributed by atoms with E-state index in [0.29, 0.717) is 17.0 Å². The minimum atomic E-state index is -0.510. The molecule has 21 heavy (non-hydrogen) atoms. The summed E-state index contributed by atoms with van der Waals surface area (Å²) in [5.41, 5.74) is 8.05. The molecule has 1 aromatic carbocycles. The summed E-state index contributed by atoms with van der Waals surface area (Å²) < 4.78 is 5.34. The van der Waals surface area contributed by atoms with E-state index in [0.717, 1.165) is 5.69 Å². The van der Waals surface area contributed by atoms with Gasteiger partial charge in [-0.2, -0.15) is 5.26 Å². The van der Waals surface area contributed by atoms with Crippen LogP contribution in [0.5, 0.6) is 17.4 Å². The number of phenolic OH excluding ortho intramolecular Hbond substituents is 2. The molecule has 0 aliphatic carbocycles. The maximum Gasteiger partial charge on any atom is 0.244 e. The third-order valence-electron chi connectivity index (χ3n) is 3.46. The zero-order chi connectivity index (χ0) is 15.1. The number of H-pyrrole nitrogens is 1. The lowest BCUT2D eigenvalue weighted by Crippen LogP contribution is -2.21. The van der Waals surface area contributed by atoms with Crippen LogP contribution in [0, 0.1) is 18.3 Å². The molecule has 0 saturated carbocycles. The van der Waals surface area contributed by atoms with Crippen LogP contribution in [0.1, 0.15) is 22.7 Å². The number of aryl methyl sites for hydroxylation is 1. The number of hydrogen-bond donors (Lipinski definition) is 4. The number of aromatic hydroxyl groups is 2. The Morgan fingerprint density at radius 3 is 2.81 bits per heavy atom. The van der Waals surface area contributed by atoms with E-state index in [1.165, 1.54) is 12.1 Å². The van der Waals surface area contributed by atoms with Crippen LogP contribution in [0.2, 0.25) is 0 Å². The molecule has 7 heteroatoms. The molecule has 0 unspecified atom stereocenters. The van der Waals surface area contributed by atoms with Gasteiger partial charge in [-0.3, -0.25) is 5.10 Å². The second-order valence-corrected chi connectivity index (χ2v) is 4.74. The molecule has 2 heterocycles. The Hall–Kier alpha value is -3.14. The molecule has 106 valence electrons. The first-order chi connectivity index (χ1) is 10.0. The summed E-state index contributed by atoms with van der Waals surface area (Å²) >= 11 is 0. The number of aromatic amines is 1.